The van der Waals surface area contributed by atoms with Crippen LogP contribution < -0.4 is 5.32 Å². The summed E-state index contributed by atoms with van der Waals surface area (Å²) >= 11 is 0. The van der Waals surface area contributed by atoms with Gasteiger partial charge in [-0.25, -0.2) is 0 Å². The van der Waals surface area contributed by atoms with Gasteiger partial charge in [0.25, 0.3) is 0 Å². The molecule has 0 atom stereocenters. The molecule has 0 saturated heterocycles. The van der Waals surface area contributed by atoms with E-state index in [1.54, 1.807) is 0 Å². The van der Waals surface area contributed by atoms with Crippen LogP contribution in [0.3, 0.4) is 0 Å². The first-order chi connectivity index (χ1) is 2.41. The molecule has 34 valence electrons. The van der Waals surface area contributed by atoms with Crippen molar-refractivity contribution in [1.29, 1.82) is 0 Å². The van der Waals surface area contributed by atoms with Gasteiger partial charge in [-0.15, -0.1) is 0 Å². The minimum atomic E-state index is 0. The van der Waals surface area contributed by atoms with Crippen LogP contribution in [0.15, 0.2) is 0 Å². The SMILES string of the molecule is CCNCC.[Cd]. The maximum absolute atomic E-state index is 3.11. The van der Waals surface area contributed by atoms with E-state index in [1.807, 2.05) is 0 Å². The Hall–Kier alpha value is 0.882. The van der Waals surface area contributed by atoms with Gasteiger partial charge in [-0.05, 0) is 13.1 Å². The molecule has 0 aromatic rings. The van der Waals surface area contributed by atoms with Gasteiger partial charge in [-0.2, -0.15) is 0 Å². The van der Waals surface area contributed by atoms with Crippen molar-refractivity contribution in [3.8, 4) is 0 Å². The maximum atomic E-state index is 3.11. The molecule has 0 aromatic carbocycles. The number of hydrogen-bond donors (Lipinski definition) is 1. The molecule has 1 N–H and O–H groups in total. The molecular weight excluding hydrogens is 174 g/mol. The zero-order chi connectivity index (χ0) is 4.12. The first kappa shape index (κ1) is 9.99. The van der Waals surface area contributed by atoms with E-state index in [0.29, 0.717) is 0 Å². The molecule has 0 aliphatic rings. The van der Waals surface area contributed by atoms with Gasteiger partial charge in [0, 0.05) is 27.3 Å². The fourth-order valence-corrected chi connectivity index (χ4v) is 0.250. The largest absolute Gasteiger partial charge is 0.317 e. The molecule has 0 spiro atoms. The van der Waals surface area contributed by atoms with Gasteiger partial charge in [0.2, 0.25) is 0 Å². The Labute approximate surface area is 59.7 Å². The second-order valence-electron chi connectivity index (χ2n) is 0.957. The van der Waals surface area contributed by atoms with Crippen LogP contribution in [0, 0.1) is 0 Å². The van der Waals surface area contributed by atoms with E-state index in [9.17, 15) is 0 Å². The normalized spacial score (nSPS) is 7.00. The smallest absolute Gasteiger partial charge is 0 e. The molecule has 0 aliphatic carbocycles. The molecular formula is C4H11CdN. The van der Waals surface area contributed by atoms with E-state index in [2.05, 4.69) is 19.2 Å². The molecule has 0 rings (SSSR count). The second-order valence-corrected chi connectivity index (χ2v) is 0.957. The zero-order valence-corrected chi connectivity index (χ0v) is 8.66. The molecule has 0 bridgehead atoms. The van der Waals surface area contributed by atoms with Crippen LogP contribution in [0.4, 0.5) is 0 Å². The van der Waals surface area contributed by atoms with Crippen molar-refractivity contribution >= 4 is 0 Å². The summed E-state index contributed by atoms with van der Waals surface area (Å²) in [5.74, 6) is 0. The quantitative estimate of drug-likeness (QED) is 0.622. The van der Waals surface area contributed by atoms with Crippen molar-refractivity contribution in [2.24, 2.45) is 0 Å². The van der Waals surface area contributed by atoms with Crippen molar-refractivity contribution < 1.29 is 27.3 Å². The molecule has 0 saturated carbocycles. The monoisotopic (exact) mass is 187 g/mol. The Morgan fingerprint density at radius 2 is 1.50 bits per heavy atom. The van der Waals surface area contributed by atoms with Crippen molar-refractivity contribution in [2.75, 3.05) is 13.1 Å². The predicted molar refractivity (Wildman–Crippen MR) is 24.2 cm³/mol. The third-order valence-corrected chi connectivity index (χ3v) is 0.500. The molecule has 0 heterocycles. The van der Waals surface area contributed by atoms with Crippen LogP contribution in [0.5, 0.6) is 0 Å². The average Bonchev–Trinajstić information content (AvgIpc) is 1.41. The summed E-state index contributed by atoms with van der Waals surface area (Å²) in [4.78, 5) is 0. The van der Waals surface area contributed by atoms with Crippen molar-refractivity contribution in [3.63, 3.8) is 0 Å². The Morgan fingerprint density at radius 1 is 1.17 bits per heavy atom. The van der Waals surface area contributed by atoms with E-state index in [0.717, 1.165) is 13.1 Å². The summed E-state index contributed by atoms with van der Waals surface area (Å²) in [6.45, 7) is 6.39. The number of hydrogen-bond acceptors (Lipinski definition) is 1. The minimum absolute atomic E-state index is 0. The molecule has 0 radical (unpaired) electrons. The van der Waals surface area contributed by atoms with Gasteiger partial charge in [0.05, 0.1) is 0 Å². The molecule has 0 aromatic heterocycles. The fraction of sp³-hybridized carbons (Fsp3) is 1.00. The van der Waals surface area contributed by atoms with Crippen LogP contribution in [0.1, 0.15) is 13.8 Å². The third-order valence-electron chi connectivity index (χ3n) is 0.500. The Morgan fingerprint density at radius 3 is 1.50 bits per heavy atom. The topological polar surface area (TPSA) is 12.0 Å². The van der Waals surface area contributed by atoms with Crippen LogP contribution in [-0.4, -0.2) is 13.1 Å². The van der Waals surface area contributed by atoms with Gasteiger partial charge >= 0.3 is 0 Å². The molecule has 1 nitrogen and oxygen atoms in total. The van der Waals surface area contributed by atoms with Gasteiger partial charge in [0.1, 0.15) is 0 Å². The zero-order valence-electron chi connectivity index (χ0n) is 4.62. The first-order valence-electron chi connectivity index (χ1n) is 2.12. The van der Waals surface area contributed by atoms with E-state index in [1.165, 1.54) is 0 Å². The van der Waals surface area contributed by atoms with Crippen LogP contribution in [0.2, 0.25) is 0 Å². The number of rotatable bonds is 2. The molecule has 0 amide bonds. The Kier molecular flexibility index (Phi) is 15.5. The number of nitrogens with one attached hydrogen (secondary N) is 1. The molecule has 0 aliphatic heterocycles. The van der Waals surface area contributed by atoms with Crippen LogP contribution >= 0.6 is 0 Å². The molecule has 2 heteroatoms. The van der Waals surface area contributed by atoms with Gasteiger partial charge in [0.15, 0.2) is 0 Å². The van der Waals surface area contributed by atoms with E-state index >= 15 is 0 Å². The molecule has 0 unspecified atom stereocenters. The van der Waals surface area contributed by atoms with Crippen LogP contribution in [0.25, 0.3) is 0 Å². The van der Waals surface area contributed by atoms with Crippen LogP contribution in [-0.2, 0) is 27.3 Å². The summed E-state index contributed by atoms with van der Waals surface area (Å²) in [6, 6.07) is 0. The van der Waals surface area contributed by atoms with Gasteiger partial charge in [-0.3, -0.25) is 0 Å². The Bertz CT molecular complexity index is 15.0. The molecule has 0 fully saturated rings. The van der Waals surface area contributed by atoms with Crippen molar-refractivity contribution in [1.82, 2.24) is 5.32 Å². The second kappa shape index (κ2) is 9.30. The summed E-state index contributed by atoms with van der Waals surface area (Å²) in [7, 11) is 0. The summed E-state index contributed by atoms with van der Waals surface area (Å²) < 4.78 is 0. The third kappa shape index (κ3) is 8.86. The molecule has 6 heavy (non-hydrogen) atoms. The van der Waals surface area contributed by atoms with E-state index in [4.69, 9.17) is 0 Å². The minimum Gasteiger partial charge on any atom is -0.317 e. The standard InChI is InChI=1S/C4H11N.Cd/c1-3-5-4-2;/h5H,3-4H2,1-2H3;. The average molecular weight is 186 g/mol. The van der Waals surface area contributed by atoms with E-state index in [-0.39, 0.29) is 27.3 Å². The summed E-state index contributed by atoms with van der Waals surface area (Å²) in [5, 5.41) is 3.11. The van der Waals surface area contributed by atoms with Crippen molar-refractivity contribution in [3.05, 3.63) is 0 Å². The predicted octanol–water partition coefficient (Wildman–Crippen LogP) is 0.613. The summed E-state index contributed by atoms with van der Waals surface area (Å²) in [5.41, 5.74) is 0. The maximum Gasteiger partial charge on any atom is 0 e. The van der Waals surface area contributed by atoms with Gasteiger partial charge in [-0.1, -0.05) is 13.8 Å². The van der Waals surface area contributed by atoms with Gasteiger partial charge < -0.3 is 5.32 Å². The van der Waals surface area contributed by atoms with Crippen molar-refractivity contribution in [2.45, 2.75) is 13.8 Å². The fourth-order valence-electron chi connectivity index (χ4n) is 0.250. The Balaban J connectivity index is 0. The summed E-state index contributed by atoms with van der Waals surface area (Å²) in [6.07, 6.45) is 0. The first-order valence-corrected chi connectivity index (χ1v) is 2.12. The van der Waals surface area contributed by atoms with E-state index < -0.39 is 0 Å².